The van der Waals surface area contributed by atoms with Crippen LogP contribution in [0.15, 0.2) is 0 Å². The Kier molecular flexibility index (Phi) is 15.4. The maximum absolute atomic E-state index is 12.4. The van der Waals surface area contributed by atoms with Crippen molar-refractivity contribution in [1.29, 1.82) is 0 Å². The van der Waals surface area contributed by atoms with Crippen LogP contribution in [0.25, 0.3) is 0 Å². The Morgan fingerprint density at radius 1 is 0.850 bits per heavy atom. The van der Waals surface area contributed by atoms with Crippen molar-refractivity contribution < 1.29 is 26.8 Å². The summed E-state index contributed by atoms with van der Waals surface area (Å²) in [5, 5.41) is 0. The van der Waals surface area contributed by atoms with Gasteiger partial charge in [-0.3, -0.25) is 4.57 Å². The zero-order valence-corrected chi connectivity index (χ0v) is 16.1. The molecular formula is C16H35CrO2P. The first-order valence-electron chi connectivity index (χ1n) is 8.29. The normalized spacial score (nSPS) is 17.1. The molecule has 0 fully saturated rings. The first-order valence-corrected chi connectivity index (χ1v) is 10.3. The van der Waals surface area contributed by atoms with E-state index >= 15 is 0 Å². The molecule has 0 aliphatic carbocycles. The van der Waals surface area contributed by atoms with Gasteiger partial charge in [0.1, 0.15) is 0 Å². The van der Waals surface area contributed by atoms with E-state index in [0.717, 1.165) is 25.7 Å². The van der Waals surface area contributed by atoms with Crippen LogP contribution in [0.5, 0.6) is 0 Å². The Labute approximate surface area is 137 Å². The molecule has 4 heteroatoms. The Hall–Kier alpha value is 0.722. The molecule has 2 atom stereocenters. The molecule has 122 valence electrons. The predicted octanol–water partition coefficient (Wildman–Crippen LogP) is 5.69. The molecule has 20 heavy (non-hydrogen) atoms. The van der Waals surface area contributed by atoms with Crippen molar-refractivity contribution in [3.8, 4) is 0 Å². The zero-order chi connectivity index (χ0) is 14.7. The molecule has 2 unspecified atom stereocenters. The number of hydrogen-bond acceptors (Lipinski definition) is 1. The van der Waals surface area contributed by atoms with E-state index in [1.807, 2.05) is 0 Å². The number of rotatable bonds is 12. The average Bonchev–Trinajstić information content (AvgIpc) is 2.39. The molecule has 0 saturated carbocycles. The van der Waals surface area contributed by atoms with Crippen molar-refractivity contribution >= 4 is 7.37 Å². The Morgan fingerprint density at radius 3 is 1.45 bits per heavy atom. The molecule has 1 N–H and O–H groups in total. The first-order chi connectivity index (χ1) is 8.99. The second-order valence-corrected chi connectivity index (χ2v) is 8.47. The van der Waals surface area contributed by atoms with Crippen molar-refractivity contribution in [2.45, 2.75) is 79.1 Å². The summed E-state index contributed by atoms with van der Waals surface area (Å²) in [4.78, 5) is 10.3. The monoisotopic (exact) mass is 342 g/mol. The van der Waals surface area contributed by atoms with Crippen molar-refractivity contribution in [3.63, 3.8) is 0 Å². The third-order valence-electron chi connectivity index (χ3n) is 4.17. The minimum Gasteiger partial charge on any atom is -0.344 e. The van der Waals surface area contributed by atoms with Crippen LogP contribution >= 0.6 is 7.37 Å². The van der Waals surface area contributed by atoms with Gasteiger partial charge in [-0.2, -0.15) is 0 Å². The molecule has 0 aliphatic heterocycles. The smallest absolute Gasteiger partial charge is 0.201 e. The minimum absolute atomic E-state index is 0. The van der Waals surface area contributed by atoms with Crippen molar-refractivity contribution in [2.24, 2.45) is 11.8 Å². The summed E-state index contributed by atoms with van der Waals surface area (Å²) < 4.78 is 12.4. The molecule has 0 amide bonds. The largest absolute Gasteiger partial charge is 0.344 e. The Balaban J connectivity index is 0. The predicted molar refractivity (Wildman–Crippen MR) is 86.2 cm³/mol. The van der Waals surface area contributed by atoms with E-state index in [9.17, 15) is 9.46 Å². The van der Waals surface area contributed by atoms with Gasteiger partial charge in [0, 0.05) is 29.7 Å². The van der Waals surface area contributed by atoms with Gasteiger partial charge in [0.05, 0.1) is 0 Å². The van der Waals surface area contributed by atoms with Gasteiger partial charge in [-0.25, -0.2) is 0 Å². The fourth-order valence-corrected chi connectivity index (χ4v) is 5.36. The van der Waals surface area contributed by atoms with E-state index in [0.29, 0.717) is 24.2 Å². The van der Waals surface area contributed by atoms with Gasteiger partial charge in [-0.05, 0) is 24.7 Å². The van der Waals surface area contributed by atoms with E-state index in [1.165, 1.54) is 25.7 Å². The fourth-order valence-electron chi connectivity index (χ4n) is 2.72. The minimum atomic E-state index is -2.92. The van der Waals surface area contributed by atoms with Crippen LogP contribution in [0.3, 0.4) is 0 Å². The Bertz CT molecular complexity index is 237. The molecule has 0 aromatic heterocycles. The van der Waals surface area contributed by atoms with E-state index in [1.54, 1.807) is 0 Å². The second kappa shape index (κ2) is 13.4. The molecule has 0 saturated heterocycles. The number of unbranched alkanes of at least 4 members (excludes halogenated alkanes) is 2. The summed E-state index contributed by atoms with van der Waals surface area (Å²) in [5.41, 5.74) is 0. The van der Waals surface area contributed by atoms with Gasteiger partial charge in [0.15, 0.2) is 0 Å². The van der Waals surface area contributed by atoms with Crippen molar-refractivity contribution in [3.05, 3.63) is 0 Å². The molecule has 2 nitrogen and oxygen atoms in total. The quantitative estimate of drug-likeness (QED) is 0.463. The summed E-state index contributed by atoms with van der Waals surface area (Å²) in [6.45, 7) is 8.66. The van der Waals surface area contributed by atoms with Crippen LogP contribution in [0.4, 0.5) is 0 Å². The maximum atomic E-state index is 12.4. The van der Waals surface area contributed by atoms with Gasteiger partial charge in [-0.15, -0.1) is 0 Å². The van der Waals surface area contributed by atoms with E-state index in [2.05, 4.69) is 27.7 Å². The average molecular weight is 342 g/mol. The van der Waals surface area contributed by atoms with Crippen LogP contribution < -0.4 is 0 Å². The van der Waals surface area contributed by atoms with Crippen LogP contribution in [-0.4, -0.2) is 17.2 Å². The summed E-state index contributed by atoms with van der Waals surface area (Å²) in [7, 11) is -2.92. The van der Waals surface area contributed by atoms with E-state index in [-0.39, 0.29) is 17.4 Å². The van der Waals surface area contributed by atoms with Crippen molar-refractivity contribution in [1.82, 2.24) is 0 Å². The fraction of sp³-hybridized carbons (Fsp3) is 1.00. The summed E-state index contributed by atoms with van der Waals surface area (Å²) in [6, 6.07) is 0. The van der Waals surface area contributed by atoms with Gasteiger partial charge >= 0.3 is 0 Å². The van der Waals surface area contributed by atoms with Crippen LogP contribution in [-0.2, 0) is 21.9 Å². The molecular weight excluding hydrogens is 307 g/mol. The van der Waals surface area contributed by atoms with Gasteiger partial charge in [0.25, 0.3) is 0 Å². The molecule has 0 bridgehead atoms. The summed E-state index contributed by atoms with van der Waals surface area (Å²) >= 11 is 0. The molecule has 0 radical (unpaired) electrons. The van der Waals surface area contributed by atoms with E-state index in [4.69, 9.17) is 0 Å². The molecule has 0 spiro atoms. The summed E-state index contributed by atoms with van der Waals surface area (Å²) in [6.07, 6.45) is 10.1. The second-order valence-electron chi connectivity index (χ2n) is 6.04. The molecule has 0 heterocycles. The molecule has 0 aromatic carbocycles. The van der Waals surface area contributed by atoms with Gasteiger partial charge in [0.2, 0.25) is 7.37 Å². The molecule has 0 rings (SSSR count). The standard InChI is InChI=1S/C16H35O2P.Cr/c1-5-9-11-15(7-3)13-19(17,18)14-16(8-4)12-10-6-2;/h15-16H,5-14H2,1-4H3,(H,17,18);. The van der Waals surface area contributed by atoms with Crippen molar-refractivity contribution in [2.75, 3.05) is 12.3 Å². The van der Waals surface area contributed by atoms with Gasteiger partial charge < -0.3 is 4.89 Å². The number of hydrogen-bond donors (Lipinski definition) is 1. The van der Waals surface area contributed by atoms with Gasteiger partial charge in [-0.1, -0.05) is 66.2 Å². The molecule has 0 aromatic rings. The van der Waals surface area contributed by atoms with Crippen LogP contribution in [0.1, 0.15) is 79.1 Å². The van der Waals surface area contributed by atoms with Crippen LogP contribution in [0, 0.1) is 11.8 Å². The maximum Gasteiger partial charge on any atom is 0.201 e. The van der Waals surface area contributed by atoms with E-state index < -0.39 is 7.37 Å². The SMILES string of the molecule is CCCCC(CC)CP(=O)(O)CC(CC)CCCC.[Cr]. The topological polar surface area (TPSA) is 37.3 Å². The third-order valence-corrected chi connectivity index (χ3v) is 6.35. The zero-order valence-electron chi connectivity index (χ0n) is 13.9. The first kappa shape index (κ1) is 23.0. The summed E-state index contributed by atoms with van der Waals surface area (Å²) in [5.74, 6) is 0.888. The van der Waals surface area contributed by atoms with Crippen LogP contribution in [0.2, 0.25) is 0 Å². The molecule has 0 aliphatic rings. The third kappa shape index (κ3) is 11.4. The Morgan fingerprint density at radius 2 is 1.20 bits per heavy atom.